The molecule has 0 bridgehead atoms. The lowest BCUT2D eigenvalue weighted by molar-refractivity contribution is -0.136. The van der Waals surface area contributed by atoms with E-state index in [0.717, 1.165) is 22.8 Å². The van der Waals surface area contributed by atoms with Crippen LogP contribution in [-0.4, -0.2) is 21.0 Å². The third-order valence-corrected chi connectivity index (χ3v) is 2.53. The number of carboxylic acids is 1. The van der Waals surface area contributed by atoms with Gasteiger partial charge < -0.3 is 10.1 Å². The molecular weight excluding hydrogens is 216 g/mol. The molecule has 1 heterocycles. The van der Waals surface area contributed by atoms with Crippen molar-refractivity contribution >= 4 is 5.97 Å². The number of benzene rings is 1. The van der Waals surface area contributed by atoms with Crippen molar-refractivity contribution in [3.8, 4) is 11.3 Å². The normalized spacial score (nSPS) is 10.4. The molecular formula is C13H14N2O2. The second kappa shape index (κ2) is 4.82. The molecule has 0 amide bonds. The summed E-state index contributed by atoms with van der Waals surface area (Å²) in [6.07, 6.45) is 0.585. The molecule has 1 aromatic heterocycles. The van der Waals surface area contributed by atoms with Gasteiger partial charge in [0.25, 0.3) is 0 Å². The zero-order valence-corrected chi connectivity index (χ0v) is 9.60. The molecule has 4 heteroatoms. The Bertz CT molecular complexity index is 517. The van der Waals surface area contributed by atoms with Crippen molar-refractivity contribution in [1.82, 2.24) is 9.97 Å². The molecule has 0 spiro atoms. The van der Waals surface area contributed by atoms with Gasteiger partial charge in [0.2, 0.25) is 0 Å². The van der Waals surface area contributed by atoms with Gasteiger partial charge in [0, 0.05) is 17.7 Å². The Kier molecular flexibility index (Phi) is 3.23. The zero-order valence-electron chi connectivity index (χ0n) is 9.60. The maximum Gasteiger partial charge on any atom is 0.303 e. The fraction of sp³-hybridized carbons (Fsp3) is 0.231. The van der Waals surface area contributed by atoms with Gasteiger partial charge >= 0.3 is 5.97 Å². The van der Waals surface area contributed by atoms with Crippen molar-refractivity contribution in [2.45, 2.75) is 19.8 Å². The van der Waals surface area contributed by atoms with Crippen LogP contribution in [0.25, 0.3) is 11.3 Å². The van der Waals surface area contributed by atoms with Crippen LogP contribution in [0.5, 0.6) is 0 Å². The fourth-order valence-electron chi connectivity index (χ4n) is 1.79. The highest BCUT2D eigenvalue weighted by atomic mass is 16.4. The monoisotopic (exact) mass is 230 g/mol. The largest absolute Gasteiger partial charge is 0.481 e. The van der Waals surface area contributed by atoms with Gasteiger partial charge in [-0.1, -0.05) is 30.3 Å². The summed E-state index contributed by atoms with van der Waals surface area (Å²) in [6, 6.07) is 9.78. The van der Waals surface area contributed by atoms with E-state index in [0.29, 0.717) is 6.42 Å². The van der Waals surface area contributed by atoms with Gasteiger partial charge in [-0.05, 0) is 6.92 Å². The smallest absolute Gasteiger partial charge is 0.303 e. The minimum Gasteiger partial charge on any atom is -0.481 e. The quantitative estimate of drug-likeness (QED) is 0.847. The topological polar surface area (TPSA) is 66.0 Å². The van der Waals surface area contributed by atoms with Gasteiger partial charge in [-0.25, -0.2) is 4.98 Å². The molecule has 0 aliphatic heterocycles. The van der Waals surface area contributed by atoms with Crippen molar-refractivity contribution in [1.29, 1.82) is 0 Å². The SMILES string of the molecule is Cc1nc(-c2ccccc2)c(CCC(=O)O)[nH]1. The molecule has 1 aromatic carbocycles. The summed E-state index contributed by atoms with van der Waals surface area (Å²) >= 11 is 0. The van der Waals surface area contributed by atoms with Crippen LogP contribution in [0.1, 0.15) is 17.9 Å². The Morgan fingerprint density at radius 2 is 2.06 bits per heavy atom. The maximum atomic E-state index is 10.6. The highest BCUT2D eigenvalue weighted by molar-refractivity contribution is 5.68. The highest BCUT2D eigenvalue weighted by Crippen LogP contribution is 2.22. The Labute approximate surface area is 99.3 Å². The van der Waals surface area contributed by atoms with Crippen molar-refractivity contribution < 1.29 is 9.90 Å². The number of aromatic amines is 1. The number of hydrogen-bond acceptors (Lipinski definition) is 2. The van der Waals surface area contributed by atoms with Crippen LogP contribution in [0.15, 0.2) is 30.3 Å². The van der Waals surface area contributed by atoms with Crippen LogP contribution in [0.4, 0.5) is 0 Å². The number of imidazole rings is 1. The third kappa shape index (κ3) is 2.72. The van der Waals surface area contributed by atoms with Gasteiger partial charge in [0.05, 0.1) is 12.1 Å². The molecule has 88 valence electrons. The van der Waals surface area contributed by atoms with Gasteiger partial charge in [-0.15, -0.1) is 0 Å². The zero-order chi connectivity index (χ0) is 12.3. The molecule has 0 unspecified atom stereocenters. The highest BCUT2D eigenvalue weighted by Gasteiger charge is 2.11. The van der Waals surface area contributed by atoms with Crippen molar-refractivity contribution in [3.05, 3.63) is 41.9 Å². The van der Waals surface area contributed by atoms with E-state index in [1.807, 2.05) is 37.3 Å². The molecule has 0 radical (unpaired) electrons. The summed E-state index contributed by atoms with van der Waals surface area (Å²) in [5, 5.41) is 8.71. The van der Waals surface area contributed by atoms with Crippen LogP contribution in [0.2, 0.25) is 0 Å². The molecule has 0 saturated carbocycles. The number of H-pyrrole nitrogens is 1. The average molecular weight is 230 g/mol. The van der Waals surface area contributed by atoms with Crippen molar-refractivity contribution in [2.24, 2.45) is 0 Å². The average Bonchev–Trinajstić information content (AvgIpc) is 2.69. The van der Waals surface area contributed by atoms with Gasteiger partial charge in [-0.2, -0.15) is 0 Å². The summed E-state index contributed by atoms with van der Waals surface area (Å²) in [7, 11) is 0. The minimum absolute atomic E-state index is 0.113. The second-order valence-electron chi connectivity index (χ2n) is 3.91. The minimum atomic E-state index is -0.795. The van der Waals surface area contributed by atoms with Gasteiger partial charge in [-0.3, -0.25) is 4.79 Å². The number of rotatable bonds is 4. The Morgan fingerprint density at radius 1 is 1.35 bits per heavy atom. The first-order valence-corrected chi connectivity index (χ1v) is 5.49. The first-order chi connectivity index (χ1) is 8.16. The molecule has 0 aliphatic carbocycles. The van der Waals surface area contributed by atoms with E-state index in [9.17, 15) is 4.79 Å². The predicted octanol–water partition coefficient (Wildman–Crippen LogP) is 2.40. The van der Waals surface area contributed by atoms with E-state index in [4.69, 9.17) is 5.11 Å². The molecule has 0 saturated heterocycles. The Morgan fingerprint density at radius 3 is 2.71 bits per heavy atom. The number of aromatic nitrogens is 2. The molecule has 17 heavy (non-hydrogen) atoms. The second-order valence-corrected chi connectivity index (χ2v) is 3.91. The molecule has 0 aliphatic rings. The van der Waals surface area contributed by atoms with Gasteiger partial charge in [0.15, 0.2) is 0 Å². The summed E-state index contributed by atoms with van der Waals surface area (Å²) < 4.78 is 0. The third-order valence-electron chi connectivity index (χ3n) is 2.53. The molecule has 0 atom stereocenters. The number of nitrogens with zero attached hydrogens (tertiary/aromatic N) is 1. The molecule has 4 nitrogen and oxygen atoms in total. The molecule has 2 rings (SSSR count). The van der Waals surface area contributed by atoms with Crippen LogP contribution in [0.3, 0.4) is 0 Å². The lowest BCUT2D eigenvalue weighted by atomic mass is 10.1. The number of carbonyl (C=O) groups is 1. The lowest BCUT2D eigenvalue weighted by Gasteiger charge is -2.00. The number of carboxylic acid groups (broad SMARTS) is 1. The van der Waals surface area contributed by atoms with Crippen LogP contribution in [-0.2, 0) is 11.2 Å². The number of nitrogens with one attached hydrogen (secondary N) is 1. The lowest BCUT2D eigenvalue weighted by Crippen LogP contribution is -1.99. The van der Waals surface area contributed by atoms with E-state index in [1.54, 1.807) is 0 Å². The van der Waals surface area contributed by atoms with E-state index in [-0.39, 0.29) is 6.42 Å². The predicted molar refractivity (Wildman–Crippen MR) is 64.7 cm³/mol. The van der Waals surface area contributed by atoms with Crippen molar-refractivity contribution in [2.75, 3.05) is 0 Å². The summed E-state index contributed by atoms with van der Waals surface area (Å²) in [4.78, 5) is 18.1. The number of aryl methyl sites for hydroxylation is 2. The van der Waals surface area contributed by atoms with E-state index >= 15 is 0 Å². The standard InChI is InChI=1S/C13H14N2O2/c1-9-14-11(7-8-12(16)17)13(15-9)10-5-3-2-4-6-10/h2-6H,7-8H2,1H3,(H,14,15)(H,16,17). The number of aliphatic carboxylic acids is 1. The van der Waals surface area contributed by atoms with Crippen LogP contribution in [0, 0.1) is 6.92 Å². The first-order valence-electron chi connectivity index (χ1n) is 5.49. The first kappa shape index (κ1) is 11.4. The summed E-state index contributed by atoms with van der Waals surface area (Å²) in [5.41, 5.74) is 2.75. The summed E-state index contributed by atoms with van der Waals surface area (Å²) in [5.74, 6) is 0.0144. The maximum absolute atomic E-state index is 10.6. The van der Waals surface area contributed by atoms with Crippen LogP contribution >= 0.6 is 0 Å². The molecule has 0 fully saturated rings. The summed E-state index contributed by atoms with van der Waals surface area (Å²) in [6.45, 7) is 1.87. The fourth-order valence-corrected chi connectivity index (χ4v) is 1.79. The number of hydrogen-bond donors (Lipinski definition) is 2. The van der Waals surface area contributed by atoms with E-state index < -0.39 is 5.97 Å². The van der Waals surface area contributed by atoms with Crippen molar-refractivity contribution in [3.63, 3.8) is 0 Å². The van der Waals surface area contributed by atoms with Crippen LogP contribution < -0.4 is 0 Å². The Hall–Kier alpha value is -2.10. The van der Waals surface area contributed by atoms with E-state index in [1.165, 1.54) is 0 Å². The Balaban J connectivity index is 2.31. The van der Waals surface area contributed by atoms with Gasteiger partial charge in [0.1, 0.15) is 5.82 Å². The molecule has 2 aromatic rings. The van der Waals surface area contributed by atoms with E-state index in [2.05, 4.69) is 9.97 Å². The molecule has 2 N–H and O–H groups in total.